The van der Waals surface area contributed by atoms with Crippen LogP contribution in [-0.2, 0) is 0 Å². The monoisotopic (exact) mass is 331 g/mol. The molecule has 0 radical (unpaired) electrons. The van der Waals surface area contributed by atoms with Gasteiger partial charge in [0.25, 0.3) is 0 Å². The van der Waals surface area contributed by atoms with Gasteiger partial charge in [-0.1, -0.05) is 25.1 Å². The second kappa shape index (κ2) is 8.38. The van der Waals surface area contributed by atoms with Gasteiger partial charge in [0.15, 0.2) is 0 Å². The fraction of sp³-hybridized carbons (Fsp3) is 0.632. The number of likely N-dealkylation sites (tertiary alicyclic amines) is 1. The summed E-state index contributed by atoms with van der Waals surface area (Å²) in [6, 6.07) is 7.89. The Morgan fingerprint density at radius 2 is 2.21 bits per heavy atom. The van der Waals surface area contributed by atoms with Gasteiger partial charge in [-0.25, -0.2) is 4.79 Å². The summed E-state index contributed by atoms with van der Waals surface area (Å²) in [7, 11) is 0. The lowest BCUT2D eigenvalue weighted by Crippen LogP contribution is -2.41. The highest BCUT2D eigenvalue weighted by Crippen LogP contribution is 2.31. The number of ether oxygens (including phenoxy) is 1. The molecule has 2 amide bonds. The number of fused-ring (bicyclic) bond motifs is 1. The number of nitrogens with one attached hydrogen (secondary N) is 2. The van der Waals surface area contributed by atoms with Gasteiger partial charge in [0, 0.05) is 25.1 Å². The SMILES string of the molecule is C[C@H]1CCCN(CCCNC(=O)N[C@H]2CCOc3ccccc32)C1. The largest absolute Gasteiger partial charge is 0.493 e. The maximum atomic E-state index is 12.1. The summed E-state index contributed by atoms with van der Waals surface area (Å²) in [5.41, 5.74) is 1.07. The van der Waals surface area contributed by atoms with Gasteiger partial charge in [-0.05, 0) is 44.3 Å². The van der Waals surface area contributed by atoms with E-state index in [4.69, 9.17) is 4.74 Å². The number of hydrogen-bond acceptors (Lipinski definition) is 3. The average molecular weight is 331 g/mol. The molecule has 0 bridgehead atoms. The third-order valence-electron chi connectivity index (χ3n) is 4.94. The predicted molar refractivity (Wildman–Crippen MR) is 95.3 cm³/mol. The van der Waals surface area contributed by atoms with Crippen LogP contribution in [0.3, 0.4) is 0 Å². The van der Waals surface area contributed by atoms with Crippen LogP contribution in [0.25, 0.3) is 0 Å². The zero-order valence-corrected chi connectivity index (χ0v) is 14.6. The zero-order valence-electron chi connectivity index (χ0n) is 14.6. The number of para-hydroxylation sites is 1. The maximum Gasteiger partial charge on any atom is 0.315 e. The summed E-state index contributed by atoms with van der Waals surface area (Å²) >= 11 is 0. The molecule has 0 unspecified atom stereocenters. The number of benzene rings is 1. The standard InChI is InChI=1S/C19H29N3O2/c1-15-6-4-11-22(14-15)12-5-10-20-19(23)21-17-9-13-24-18-8-3-2-7-16(17)18/h2-3,7-8,15,17H,4-6,9-14H2,1H3,(H2,20,21,23)/t15-,17-/m0/s1. The number of piperidine rings is 1. The molecule has 2 aliphatic heterocycles. The summed E-state index contributed by atoms with van der Waals surface area (Å²) in [6.07, 6.45) is 4.47. The van der Waals surface area contributed by atoms with E-state index in [0.29, 0.717) is 6.61 Å². The fourth-order valence-electron chi connectivity index (χ4n) is 3.70. The molecule has 0 aliphatic carbocycles. The number of carbonyl (C=O) groups excluding carboxylic acids is 1. The maximum absolute atomic E-state index is 12.1. The first-order valence-electron chi connectivity index (χ1n) is 9.21. The Labute approximate surface area is 144 Å². The molecule has 5 nitrogen and oxygen atoms in total. The van der Waals surface area contributed by atoms with E-state index in [-0.39, 0.29) is 12.1 Å². The molecule has 132 valence electrons. The normalized spacial score (nSPS) is 23.9. The van der Waals surface area contributed by atoms with Crippen molar-refractivity contribution in [3.8, 4) is 5.75 Å². The lowest BCUT2D eigenvalue weighted by Gasteiger charge is -2.30. The van der Waals surface area contributed by atoms with Crippen LogP contribution in [0.5, 0.6) is 5.75 Å². The van der Waals surface area contributed by atoms with Crippen molar-refractivity contribution < 1.29 is 9.53 Å². The van der Waals surface area contributed by atoms with Crippen LogP contribution in [0.2, 0.25) is 0 Å². The second-order valence-corrected chi connectivity index (χ2v) is 7.03. The summed E-state index contributed by atoms with van der Waals surface area (Å²) in [5, 5.41) is 6.07. The van der Waals surface area contributed by atoms with Crippen molar-refractivity contribution in [3.63, 3.8) is 0 Å². The quantitative estimate of drug-likeness (QED) is 0.816. The minimum absolute atomic E-state index is 0.0397. The van der Waals surface area contributed by atoms with Gasteiger partial charge in [0.1, 0.15) is 5.75 Å². The van der Waals surface area contributed by atoms with E-state index in [1.807, 2.05) is 24.3 Å². The third kappa shape index (κ3) is 4.63. The van der Waals surface area contributed by atoms with Crippen molar-refractivity contribution in [2.24, 2.45) is 5.92 Å². The topological polar surface area (TPSA) is 53.6 Å². The summed E-state index contributed by atoms with van der Waals surface area (Å²) in [6.45, 7) is 7.17. The van der Waals surface area contributed by atoms with Crippen molar-refractivity contribution in [1.82, 2.24) is 15.5 Å². The lowest BCUT2D eigenvalue weighted by molar-refractivity contribution is 0.181. The van der Waals surface area contributed by atoms with Crippen molar-refractivity contribution in [3.05, 3.63) is 29.8 Å². The van der Waals surface area contributed by atoms with Gasteiger partial charge in [-0.2, -0.15) is 0 Å². The van der Waals surface area contributed by atoms with E-state index in [0.717, 1.165) is 43.2 Å². The molecule has 1 aromatic carbocycles. The minimum atomic E-state index is -0.0799. The van der Waals surface area contributed by atoms with E-state index in [2.05, 4.69) is 22.5 Å². The van der Waals surface area contributed by atoms with E-state index < -0.39 is 0 Å². The third-order valence-corrected chi connectivity index (χ3v) is 4.94. The zero-order chi connectivity index (χ0) is 16.8. The van der Waals surface area contributed by atoms with Crippen molar-refractivity contribution in [1.29, 1.82) is 0 Å². The molecule has 5 heteroatoms. The number of rotatable bonds is 5. The first-order valence-corrected chi connectivity index (χ1v) is 9.21. The minimum Gasteiger partial charge on any atom is -0.493 e. The average Bonchev–Trinajstić information content (AvgIpc) is 2.59. The number of hydrogen-bond donors (Lipinski definition) is 2. The summed E-state index contributed by atoms with van der Waals surface area (Å²) in [5.74, 6) is 1.69. The summed E-state index contributed by atoms with van der Waals surface area (Å²) in [4.78, 5) is 14.7. The van der Waals surface area contributed by atoms with Crippen LogP contribution in [0.1, 0.15) is 44.2 Å². The van der Waals surface area contributed by atoms with Crippen LogP contribution < -0.4 is 15.4 Å². The molecule has 1 aromatic rings. The number of carbonyl (C=O) groups is 1. The molecule has 2 N–H and O–H groups in total. The molecule has 0 aromatic heterocycles. The van der Waals surface area contributed by atoms with Crippen LogP contribution in [0, 0.1) is 5.92 Å². The smallest absolute Gasteiger partial charge is 0.315 e. The number of nitrogens with zero attached hydrogens (tertiary/aromatic N) is 1. The van der Waals surface area contributed by atoms with Crippen molar-refractivity contribution in [2.75, 3.05) is 32.8 Å². The Kier molecular flexibility index (Phi) is 5.96. The molecule has 24 heavy (non-hydrogen) atoms. The molecular weight excluding hydrogens is 302 g/mol. The van der Waals surface area contributed by atoms with Gasteiger partial charge >= 0.3 is 6.03 Å². The van der Waals surface area contributed by atoms with Crippen LogP contribution in [0.15, 0.2) is 24.3 Å². The molecule has 0 saturated carbocycles. The van der Waals surface area contributed by atoms with Gasteiger partial charge in [0.2, 0.25) is 0 Å². The first kappa shape index (κ1) is 17.1. The molecule has 0 spiro atoms. The molecule has 2 atom stereocenters. The van der Waals surface area contributed by atoms with Crippen LogP contribution in [0.4, 0.5) is 4.79 Å². The predicted octanol–water partition coefficient (Wildman–Crippen LogP) is 2.93. The number of amides is 2. The Hall–Kier alpha value is -1.75. The van der Waals surface area contributed by atoms with Crippen molar-refractivity contribution >= 4 is 6.03 Å². The molecule has 2 aliphatic rings. The van der Waals surface area contributed by atoms with E-state index in [1.54, 1.807) is 0 Å². The number of urea groups is 1. The highest BCUT2D eigenvalue weighted by Gasteiger charge is 2.22. The Morgan fingerprint density at radius 1 is 1.33 bits per heavy atom. The Balaban J connectivity index is 1.37. The highest BCUT2D eigenvalue weighted by molar-refractivity contribution is 5.74. The van der Waals surface area contributed by atoms with E-state index >= 15 is 0 Å². The molecule has 3 rings (SSSR count). The Morgan fingerprint density at radius 3 is 3.08 bits per heavy atom. The lowest BCUT2D eigenvalue weighted by atomic mass is 10.0. The molecule has 2 heterocycles. The first-order chi connectivity index (χ1) is 11.7. The van der Waals surface area contributed by atoms with E-state index in [9.17, 15) is 4.79 Å². The molecule has 1 fully saturated rings. The van der Waals surface area contributed by atoms with Crippen molar-refractivity contribution in [2.45, 2.75) is 38.6 Å². The van der Waals surface area contributed by atoms with Gasteiger partial charge in [0.05, 0.1) is 12.6 Å². The van der Waals surface area contributed by atoms with Crippen LogP contribution in [-0.4, -0.2) is 43.7 Å². The van der Waals surface area contributed by atoms with Gasteiger partial charge in [-0.3, -0.25) is 0 Å². The van der Waals surface area contributed by atoms with E-state index in [1.165, 1.54) is 25.9 Å². The van der Waals surface area contributed by atoms with Gasteiger partial charge < -0.3 is 20.3 Å². The second-order valence-electron chi connectivity index (χ2n) is 7.03. The highest BCUT2D eigenvalue weighted by atomic mass is 16.5. The van der Waals surface area contributed by atoms with Gasteiger partial charge in [-0.15, -0.1) is 0 Å². The molecular formula is C19H29N3O2. The summed E-state index contributed by atoms with van der Waals surface area (Å²) < 4.78 is 5.63. The molecule has 1 saturated heterocycles. The Bertz CT molecular complexity index is 549. The fourth-order valence-corrected chi connectivity index (χ4v) is 3.70. The van der Waals surface area contributed by atoms with Crippen LogP contribution >= 0.6 is 0 Å².